The number of nitrogens with one attached hydrogen (secondary N) is 1. The van der Waals surface area contributed by atoms with Gasteiger partial charge in [0.25, 0.3) is 0 Å². The molecule has 1 fully saturated rings. The zero-order chi connectivity index (χ0) is 27.6. The van der Waals surface area contributed by atoms with E-state index < -0.39 is 50.4 Å². The molecular formula is C24H32N5O8P. The molecule has 14 heteroatoms. The van der Waals surface area contributed by atoms with Crippen molar-refractivity contribution in [1.29, 1.82) is 0 Å². The minimum Gasteiger partial charge on any atom is -0.462 e. The molecule has 0 saturated carbocycles. The second-order valence-corrected chi connectivity index (χ2v) is 11.0. The van der Waals surface area contributed by atoms with Gasteiger partial charge in [-0.05, 0) is 46.8 Å². The average Bonchev–Trinajstić information content (AvgIpc) is 3.41. The van der Waals surface area contributed by atoms with Gasteiger partial charge in [-0.25, -0.2) is 19.5 Å². The SMILES string of the molecule is Cc1ncnc2c1ncn2C1OC(C(C)OP(=O)(NC(C)C(=O)OC(C)C)Oc2ccccc2)C(O)C1O. The van der Waals surface area contributed by atoms with Gasteiger partial charge in [0.1, 0.15) is 41.9 Å². The van der Waals surface area contributed by atoms with Crippen molar-refractivity contribution in [3.05, 3.63) is 48.7 Å². The Labute approximate surface area is 219 Å². The number of aryl methyl sites for hydroxylation is 1. The van der Waals surface area contributed by atoms with Crippen LogP contribution in [0.3, 0.4) is 0 Å². The van der Waals surface area contributed by atoms with Gasteiger partial charge in [0.05, 0.1) is 24.2 Å². The van der Waals surface area contributed by atoms with Crippen LogP contribution < -0.4 is 9.61 Å². The van der Waals surface area contributed by atoms with E-state index in [0.717, 1.165) is 0 Å². The number of esters is 1. The van der Waals surface area contributed by atoms with Crippen LogP contribution in [0, 0.1) is 6.92 Å². The first-order chi connectivity index (χ1) is 18.0. The monoisotopic (exact) mass is 549 g/mol. The minimum atomic E-state index is -4.24. The van der Waals surface area contributed by atoms with E-state index in [-0.39, 0.29) is 11.9 Å². The lowest BCUT2D eigenvalue weighted by Crippen LogP contribution is -2.41. The lowest BCUT2D eigenvalue weighted by Gasteiger charge is -2.28. The van der Waals surface area contributed by atoms with E-state index in [1.807, 2.05) is 0 Å². The molecule has 206 valence electrons. The third-order valence-electron chi connectivity index (χ3n) is 5.88. The predicted octanol–water partition coefficient (Wildman–Crippen LogP) is 2.28. The summed E-state index contributed by atoms with van der Waals surface area (Å²) in [6, 6.07) is 7.24. The fraction of sp³-hybridized carbons (Fsp3) is 0.500. The number of nitrogens with zero attached hydrogens (tertiary/aromatic N) is 4. The number of hydrogen-bond donors (Lipinski definition) is 3. The number of aromatic nitrogens is 4. The Bertz CT molecular complexity index is 1310. The van der Waals surface area contributed by atoms with Gasteiger partial charge < -0.3 is 24.2 Å². The third-order valence-corrected chi connectivity index (χ3v) is 7.65. The van der Waals surface area contributed by atoms with Crippen LogP contribution in [0.25, 0.3) is 11.2 Å². The van der Waals surface area contributed by atoms with Crippen LogP contribution in [0.4, 0.5) is 0 Å². The lowest BCUT2D eigenvalue weighted by atomic mass is 10.1. The number of hydrogen-bond acceptors (Lipinski definition) is 11. The Morgan fingerprint density at radius 3 is 2.50 bits per heavy atom. The Kier molecular flexibility index (Phi) is 8.46. The summed E-state index contributed by atoms with van der Waals surface area (Å²) in [6.45, 7) is 8.15. The molecule has 0 bridgehead atoms. The molecule has 1 aliphatic rings. The number of imidazole rings is 1. The normalized spacial score (nSPS) is 24.7. The van der Waals surface area contributed by atoms with Crippen molar-refractivity contribution in [2.75, 3.05) is 0 Å². The number of para-hydroxylation sites is 1. The molecule has 2 aromatic heterocycles. The number of carbonyl (C=O) groups is 1. The number of aliphatic hydroxyl groups excluding tert-OH is 2. The highest BCUT2D eigenvalue weighted by Crippen LogP contribution is 2.48. The second-order valence-electron chi connectivity index (χ2n) is 9.30. The summed E-state index contributed by atoms with van der Waals surface area (Å²) < 4.78 is 38.0. The molecule has 0 spiro atoms. The van der Waals surface area contributed by atoms with E-state index in [9.17, 15) is 19.6 Å². The topological polar surface area (TPSA) is 167 Å². The lowest BCUT2D eigenvalue weighted by molar-refractivity contribution is -0.149. The van der Waals surface area contributed by atoms with Crippen molar-refractivity contribution in [3.8, 4) is 5.75 Å². The van der Waals surface area contributed by atoms with Crippen molar-refractivity contribution < 1.29 is 38.1 Å². The van der Waals surface area contributed by atoms with E-state index in [2.05, 4.69) is 20.0 Å². The van der Waals surface area contributed by atoms with Gasteiger partial charge in [-0.15, -0.1) is 0 Å². The molecule has 3 aromatic rings. The Balaban J connectivity index is 1.55. The van der Waals surface area contributed by atoms with Gasteiger partial charge in [-0.2, -0.15) is 5.09 Å². The molecule has 38 heavy (non-hydrogen) atoms. The maximum atomic E-state index is 13.9. The van der Waals surface area contributed by atoms with Crippen LogP contribution in [-0.4, -0.2) is 72.3 Å². The Morgan fingerprint density at radius 1 is 1.11 bits per heavy atom. The third kappa shape index (κ3) is 6.04. The quantitative estimate of drug-likeness (QED) is 0.250. The summed E-state index contributed by atoms with van der Waals surface area (Å²) in [5, 5.41) is 24.2. The van der Waals surface area contributed by atoms with Crippen LogP contribution >= 0.6 is 7.75 Å². The van der Waals surface area contributed by atoms with Gasteiger partial charge >= 0.3 is 13.7 Å². The highest BCUT2D eigenvalue weighted by molar-refractivity contribution is 7.52. The zero-order valence-corrected chi connectivity index (χ0v) is 22.6. The average molecular weight is 550 g/mol. The molecule has 0 amide bonds. The maximum Gasteiger partial charge on any atom is 0.459 e. The summed E-state index contributed by atoms with van der Waals surface area (Å²) in [7, 11) is -4.24. The summed E-state index contributed by atoms with van der Waals surface area (Å²) in [5.41, 5.74) is 1.59. The van der Waals surface area contributed by atoms with Crippen molar-refractivity contribution in [3.63, 3.8) is 0 Å². The smallest absolute Gasteiger partial charge is 0.459 e. The van der Waals surface area contributed by atoms with Crippen LogP contribution in [0.15, 0.2) is 43.0 Å². The number of carbonyl (C=O) groups excluding carboxylic acids is 1. The van der Waals surface area contributed by atoms with Gasteiger partial charge in [0.2, 0.25) is 0 Å². The fourth-order valence-electron chi connectivity index (χ4n) is 4.06. The summed E-state index contributed by atoms with van der Waals surface area (Å²) in [6.07, 6.45) is -3.60. The summed E-state index contributed by atoms with van der Waals surface area (Å²) in [5.74, 6) is -0.421. The molecule has 0 radical (unpaired) electrons. The first-order valence-electron chi connectivity index (χ1n) is 12.2. The molecule has 4 rings (SSSR count). The van der Waals surface area contributed by atoms with Crippen molar-refractivity contribution >= 4 is 24.9 Å². The molecule has 1 aliphatic heterocycles. The van der Waals surface area contributed by atoms with E-state index in [4.69, 9.17) is 18.5 Å². The zero-order valence-electron chi connectivity index (χ0n) is 21.7. The second kappa shape index (κ2) is 11.4. The van der Waals surface area contributed by atoms with Crippen LogP contribution in [-0.2, 0) is 23.4 Å². The van der Waals surface area contributed by atoms with Gasteiger partial charge in [-0.1, -0.05) is 18.2 Å². The van der Waals surface area contributed by atoms with Gasteiger partial charge in [0.15, 0.2) is 11.9 Å². The van der Waals surface area contributed by atoms with Gasteiger partial charge in [-0.3, -0.25) is 13.9 Å². The van der Waals surface area contributed by atoms with E-state index in [0.29, 0.717) is 16.9 Å². The molecule has 3 N–H and O–H groups in total. The molecule has 7 atom stereocenters. The van der Waals surface area contributed by atoms with Crippen LogP contribution in [0.1, 0.15) is 39.6 Å². The fourth-order valence-corrected chi connectivity index (χ4v) is 5.75. The molecular weight excluding hydrogens is 517 g/mol. The summed E-state index contributed by atoms with van der Waals surface area (Å²) in [4.78, 5) is 25.0. The van der Waals surface area contributed by atoms with Crippen LogP contribution in [0.2, 0.25) is 0 Å². The van der Waals surface area contributed by atoms with Crippen molar-refractivity contribution in [2.24, 2.45) is 0 Å². The first kappa shape index (κ1) is 28.1. The van der Waals surface area contributed by atoms with Gasteiger partial charge in [0, 0.05) is 0 Å². The van der Waals surface area contributed by atoms with Crippen molar-refractivity contribution in [2.45, 2.75) is 77.4 Å². The molecule has 1 aromatic carbocycles. The number of ether oxygens (including phenoxy) is 2. The first-order valence-corrected chi connectivity index (χ1v) is 13.7. The Hall–Kier alpha value is -2.93. The molecule has 7 unspecified atom stereocenters. The van der Waals surface area contributed by atoms with E-state index in [1.54, 1.807) is 51.1 Å². The largest absolute Gasteiger partial charge is 0.462 e. The number of benzene rings is 1. The molecule has 1 saturated heterocycles. The van der Waals surface area contributed by atoms with E-state index in [1.165, 1.54) is 31.1 Å². The maximum absolute atomic E-state index is 13.9. The number of aliphatic hydroxyl groups is 2. The predicted molar refractivity (Wildman–Crippen MR) is 135 cm³/mol. The standard InChI is InChI=1S/C24H32N5O8P/c1-13(2)34-24(32)15(4)28-38(33,37-17-9-7-6-8-10-17)36-16(5)21-19(30)20(31)23(35-21)29-12-27-18-14(3)25-11-26-22(18)29/h6-13,15-16,19-21,23,30-31H,1-5H3,(H,28,33). The number of rotatable bonds is 10. The van der Waals surface area contributed by atoms with E-state index >= 15 is 0 Å². The van der Waals surface area contributed by atoms with Crippen molar-refractivity contribution in [1.82, 2.24) is 24.6 Å². The minimum absolute atomic E-state index is 0.227. The van der Waals surface area contributed by atoms with Crippen LogP contribution in [0.5, 0.6) is 5.75 Å². The number of fused-ring (bicyclic) bond motifs is 1. The summed E-state index contributed by atoms with van der Waals surface area (Å²) >= 11 is 0. The molecule has 0 aliphatic carbocycles. The Morgan fingerprint density at radius 2 is 1.82 bits per heavy atom. The molecule has 13 nitrogen and oxygen atoms in total. The molecule has 3 heterocycles. The highest BCUT2D eigenvalue weighted by atomic mass is 31.2. The highest BCUT2D eigenvalue weighted by Gasteiger charge is 2.49.